The van der Waals surface area contributed by atoms with Gasteiger partial charge in [-0.3, -0.25) is 4.72 Å². The maximum atomic E-state index is 12.1. The van der Waals surface area contributed by atoms with Crippen LogP contribution < -0.4 is 4.72 Å². The first-order valence-corrected chi connectivity index (χ1v) is 8.33. The minimum absolute atomic E-state index is 0.326. The molecule has 18 heavy (non-hydrogen) atoms. The lowest BCUT2D eigenvalue weighted by molar-refractivity contribution is 0.603. The molecular weight excluding hydrogens is 334 g/mol. The van der Waals surface area contributed by atoms with E-state index in [0.29, 0.717) is 9.90 Å². The molecule has 0 aliphatic rings. The molecule has 0 saturated heterocycles. The number of benzene rings is 1. The number of nitrogens with one attached hydrogen (secondary N) is 1. The van der Waals surface area contributed by atoms with Crippen LogP contribution in [0.25, 0.3) is 0 Å². The molecule has 1 N–H and O–H groups in total. The van der Waals surface area contributed by atoms with Crippen LogP contribution in [0.15, 0.2) is 39.0 Å². The Bertz CT molecular complexity index is 677. The van der Waals surface area contributed by atoms with E-state index >= 15 is 0 Å². The molecule has 0 fully saturated rings. The molecule has 2 rings (SSSR count). The van der Waals surface area contributed by atoms with E-state index in [2.05, 4.69) is 20.7 Å². The van der Waals surface area contributed by atoms with Crippen molar-refractivity contribution >= 4 is 43.0 Å². The second-order valence-corrected chi connectivity index (χ2v) is 8.01. The molecule has 0 atom stereocenters. The van der Waals surface area contributed by atoms with Crippen LogP contribution >= 0.6 is 27.3 Å². The fourth-order valence-electron chi connectivity index (χ4n) is 1.45. The molecule has 1 heterocycles. The fraction of sp³-hybridized carbons (Fsp3) is 0.167. The Kier molecular flexibility index (Phi) is 3.79. The van der Waals surface area contributed by atoms with Gasteiger partial charge in [-0.1, -0.05) is 6.07 Å². The van der Waals surface area contributed by atoms with E-state index in [-0.39, 0.29) is 0 Å². The fourth-order valence-corrected chi connectivity index (χ4v) is 4.54. The Labute approximate surface area is 119 Å². The number of hydrogen-bond acceptors (Lipinski definition) is 3. The summed E-state index contributed by atoms with van der Waals surface area (Å²) in [6, 6.07) is 8.89. The van der Waals surface area contributed by atoms with E-state index in [1.54, 1.807) is 18.2 Å². The molecule has 6 heteroatoms. The molecule has 1 aromatic carbocycles. The summed E-state index contributed by atoms with van der Waals surface area (Å²) < 4.78 is 27.9. The lowest BCUT2D eigenvalue weighted by atomic mass is 10.2. The topological polar surface area (TPSA) is 46.2 Å². The molecule has 0 bridgehead atoms. The normalized spacial score (nSPS) is 11.5. The van der Waals surface area contributed by atoms with Gasteiger partial charge in [0.1, 0.15) is 4.21 Å². The van der Waals surface area contributed by atoms with E-state index in [1.165, 1.54) is 11.3 Å². The van der Waals surface area contributed by atoms with E-state index in [1.807, 2.05) is 26.0 Å². The van der Waals surface area contributed by atoms with Gasteiger partial charge in [-0.25, -0.2) is 8.42 Å². The first-order valence-electron chi connectivity index (χ1n) is 5.24. The van der Waals surface area contributed by atoms with E-state index < -0.39 is 10.0 Å². The molecule has 2 aromatic rings. The summed E-state index contributed by atoms with van der Waals surface area (Å²) in [7, 11) is -3.49. The van der Waals surface area contributed by atoms with Crippen molar-refractivity contribution in [1.82, 2.24) is 0 Å². The van der Waals surface area contributed by atoms with Crippen molar-refractivity contribution in [3.05, 3.63) is 45.2 Å². The number of hydrogen-bond donors (Lipinski definition) is 1. The van der Waals surface area contributed by atoms with E-state index in [0.717, 1.165) is 14.9 Å². The molecule has 1 aromatic heterocycles. The molecule has 0 amide bonds. The highest BCUT2D eigenvalue weighted by atomic mass is 79.9. The van der Waals surface area contributed by atoms with Crippen LogP contribution in [0.4, 0.5) is 5.69 Å². The zero-order valence-electron chi connectivity index (χ0n) is 9.90. The summed E-state index contributed by atoms with van der Waals surface area (Å²) >= 11 is 4.61. The summed E-state index contributed by atoms with van der Waals surface area (Å²) in [4.78, 5) is 0.971. The zero-order chi connectivity index (χ0) is 13.3. The van der Waals surface area contributed by atoms with Gasteiger partial charge in [-0.05, 0) is 59.6 Å². The first kappa shape index (κ1) is 13.6. The van der Waals surface area contributed by atoms with Crippen LogP contribution in [-0.2, 0) is 10.0 Å². The van der Waals surface area contributed by atoms with Gasteiger partial charge in [0.15, 0.2) is 0 Å². The molecule has 0 aliphatic heterocycles. The molecule has 0 unspecified atom stereocenters. The van der Waals surface area contributed by atoms with Crippen LogP contribution in [0.1, 0.15) is 10.4 Å². The van der Waals surface area contributed by atoms with Gasteiger partial charge < -0.3 is 0 Å². The Hall–Kier alpha value is -0.850. The van der Waals surface area contributed by atoms with Crippen molar-refractivity contribution < 1.29 is 8.42 Å². The van der Waals surface area contributed by atoms with E-state index in [9.17, 15) is 8.42 Å². The predicted octanol–water partition coefficient (Wildman–Crippen LogP) is 3.93. The lowest BCUT2D eigenvalue weighted by Crippen LogP contribution is -2.11. The number of anilines is 1. The van der Waals surface area contributed by atoms with Crippen LogP contribution in [-0.4, -0.2) is 8.42 Å². The van der Waals surface area contributed by atoms with Crippen molar-refractivity contribution in [2.24, 2.45) is 0 Å². The third-order valence-corrected chi connectivity index (χ3v) is 5.86. The lowest BCUT2D eigenvalue weighted by Gasteiger charge is -2.08. The quantitative estimate of drug-likeness (QED) is 0.915. The molecule has 0 aliphatic carbocycles. The average molecular weight is 346 g/mol. The third-order valence-electron chi connectivity index (χ3n) is 2.35. The highest BCUT2D eigenvalue weighted by molar-refractivity contribution is 9.10. The Morgan fingerprint density at radius 2 is 1.89 bits per heavy atom. The summed E-state index contributed by atoms with van der Waals surface area (Å²) in [5.74, 6) is 0. The maximum absolute atomic E-state index is 12.1. The van der Waals surface area contributed by atoms with Gasteiger partial charge in [0, 0.05) is 9.35 Å². The number of thiophene rings is 1. The molecule has 0 spiro atoms. The van der Waals surface area contributed by atoms with Crippen molar-refractivity contribution in [2.75, 3.05) is 4.72 Å². The summed E-state index contributed by atoms with van der Waals surface area (Å²) in [5, 5.41) is 0. The zero-order valence-corrected chi connectivity index (χ0v) is 13.1. The van der Waals surface area contributed by atoms with Crippen molar-refractivity contribution in [2.45, 2.75) is 18.1 Å². The second-order valence-electron chi connectivity index (χ2n) is 3.95. The SMILES string of the molecule is Cc1ccc(NS(=O)(=O)c2ccc(C)s2)c(Br)c1. The minimum Gasteiger partial charge on any atom is -0.278 e. The van der Waals surface area contributed by atoms with Gasteiger partial charge in [0.25, 0.3) is 10.0 Å². The highest BCUT2D eigenvalue weighted by Gasteiger charge is 2.17. The summed E-state index contributed by atoms with van der Waals surface area (Å²) in [5.41, 5.74) is 1.61. The second kappa shape index (κ2) is 5.03. The van der Waals surface area contributed by atoms with Crippen molar-refractivity contribution in [1.29, 1.82) is 0 Å². The van der Waals surface area contributed by atoms with Crippen molar-refractivity contribution in [3.8, 4) is 0 Å². The van der Waals surface area contributed by atoms with Crippen LogP contribution in [0.2, 0.25) is 0 Å². The van der Waals surface area contributed by atoms with Crippen LogP contribution in [0.3, 0.4) is 0 Å². The molecule has 96 valence electrons. The monoisotopic (exact) mass is 345 g/mol. The van der Waals surface area contributed by atoms with Gasteiger partial charge in [0.05, 0.1) is 5.69 Å². The standard InChI is InChI=1S/C12H12BrNO2S2/c1-8-3-5-11(10(13)7-8)14-18(15,16)12-6-4-9(2)17-12/h3-7,14H,1-2H3. The van der Waals surface area contributed by atoms with Gasteiger partial charge >= 0.3 is 0 Å². The Morgan fingerprint density at radius 1 is 1.17 bits per heavy atom. The maximum Gasteiger partial charge on any atom is 0.271 e. The first-order chi connectivity index (χ1) is 8.38. The largest absolute Gasteiger partial charge is 0.278 e. The van der Waals surface area contributed by atoms with Crippen LogP contribution in [0, 0.1) is 13.8 Å². The number of halogens is 1. The number of rotatable bonds is 3. The molecule has 3 nitrogen and oxygen atoms in total. The number of sulfonamides is 1. The summed E-state index contributed by atoms with van der Waals surface area (Å²) in [6.07, 6.45) is 0. The Morgan fingerprint density at radius 3 is 2.44 bits per heavy atom. The Balaban J connectivity index is 2.33. The van der Waals surface area contributed by atoms with E-state index in [4.69, 9.17) is 0 Å². The molecule has 0 radical (unpaired) electrons. The summed E-state index contributed by atoms with van der Waals surface area (Å²) in [6.45, 7) is 3.83. The predicted molar refractivity (Wildman–Crippen MR) is 78.7 cm³/mol. The minimum atomic E-state index is -3.49. The third kappa shape index (κ3) is 2.93. The average Bonchev–Trinajstić information content (AvgIpc) is 2.70. The van der Waals surface area contributed by atoms with Gasteiger partial charge in [0.2, 0.25) is 0 Å². The highest BCUT2D eigenvalue weighted by Crippen LogP contribution is 2.28. The van der Waals surface area contributed by atoms with Gasteiger partial charge in [-0.15, -0.1) is 11.3 Å². The molecular formula is C12H12BrNO2S2. The number of aryl methyl sites for hydroxylation is 2. The van der Waals surface area contributed by atoms with Crippen molar-refractivity contribution in [3.63, 3.8) is 0 Å². The van der Waals surface area contributed by atoms with Gasteiger partial charge in [-0.2, -0.15) is 0 Å². The van der Waals surface area contributed by atoms with Crippen LogP contribution in [0.5, 0.6) is 0 Å². The smallest absolute Gasteiger partial charge is 0.271 e. The molecule has 0 saturated carbocycles.